The second-order valence-electron chi connectivity index (χ2n) is 5.56. The molecule has 0 saturated heterocycles. The van der Waals surface area contributed by atoms with E-state index >= 15 is 0 Å². The minimum absolute atomic E-state index is 0.128. The molecule has 2 aromatic rings. The van der Waals surface area contributed by atoms with Gasteiger partial charge in [0.25, 0.3) is 5.91 Å². The fourth-order valence-electron chi connectivity index (χ4n) is 2.28. The van der Waals surface area contributed by atoms with Crippen LogP contribution in [0.3, 0.4) is 0 Å². The molecule has 1 atom stereocenters. The topological polar surface area (TPSA) is 51.2 Å². The molecule has 0 fully saturated rings. The van der Waals surface area contributed by atoms with Crippen LogP contribution in [0.2, 0.25) is 15.1 Å². The van der Waals surface area contributed by atoms with Crippen LogP contribution in [0.15, 0.2) is 36.7 Å². The Morgan fingerprint density at radius 3 is 2.60 bits per heavy atom. The summed E-state index contributed by atoms with van der Waals surface area (Å²) in [5.74, 6) is 0.587. The number of halogens is 3. The minimum Gasteiger partial charge on any atom is -0.490 e. The first kappa shape index (κ1) is 19.8. The molecule has 0 radical (unpaired) electrons. The Morgan fingerprint density at radius 1 is 1.28 bits per heavy atom. The van der Waals surface area contributed by atoms with Crippen LogP contribution >= 0.6 is 34.8 Å². The highest BCUT2D eigenvalue weighted by Gasteiger charge is 2.13. The third-order valence-corrected chi connectivity index (χ3v) is 4.57. The molecule has 1 amide bonds. The van der Waals surface area contributed by atoms with Crippen molar-refractivity contribution in [1.82, 2.24) is 10.3 Å². The number of nitrogens with one attached hydrogen (secondary N) is 1. The van der Waals surface area contributed by atoms with E-state index in [0.29, 0.717) is 39.5 Å². The number of ether oxygens (including phenoxy) is 1. The van der Waals surface area contributed by atoms with Crippen molar-refractivity contribution in [2.24, 2.45) is 5.92 Å². The second kappa shape index (κ2) is 9.85. The Labute approximate surface area is 162 Å². The fourth-order valence-corrected chi connectivity index (χ4v) is 3.21. The summed E-state index contributed by atoms with van der Waals surface area (Å²) in [6.45, 7) is 3.08. The van der Waals surface area contributed by atoms with Crippen LogP contribution in [0.5, 0.6) is 5.75 Å². The van der Waals surface area contributed by atoms with Crippen molar-refractivity contribution in [3.63, 3.8) is 0 Å². The van der Waals surface area contributed by atoms with E-state index in [1.165, 1.54) is 0 Å². The molecule has 0 aliphatic carbocycles. The summed E-state index contributed by atoms with van der Waals surface area (Å²) in [6, 6.07) is 6.65. The van der Waals surface area contributed by atoms with E-state index in [2.05, 4.69) is 17.2 Å². The molecular formula is C18H19Cl3N2O2. The lowest BCUT2D eigenvalue weighted by Gasteiger charge is -2.17. The van der Waals surface area contributed by atoms with Crippen LogP contribution in [0.1, 0.15) is 30.1 Å². The maximum atomic E-state index is 12.1. The van der Waals surface area contributed by atoms with E-state index in [1.54, 1.807) is 36.7 Å². The zero-order valence-electron chi connectivity index (χ0n) is 13.8. The fraction of sp³-hybridized carbons (Fsp3) is 0.333. The zero-order chi connectivity index (χ0) is 18.2. The van der Waals surface area contributed by atoms with Crippen LogP contribution in [0, 0.1) is 5.92 Å². The number of rotatable bonds is 8. The monoisotopic (exact) mass is 400 g/mol. The summed E-state index contributed by atoms with van der Waals surface area (Å²) in [7, 11) is 0. The van der Waals surface area contributed by atoms with Crippen LogP contribution in [0.4, 0.5) is 0 Å². The molecule has 4 nitrogen and oxygen atoms in total. The van der Waals surface area contributed by atoms with E-state index < -0.39 is 0 Å². The third-order valence-electron chi connectivity index (χ3n) is 3.79. The highest BCUT2D eigenvalue weighted by molar-refractivity contribution is 6.40. The summed E-state index contributed by atoms with van der Waals surface area (Å²) >= 11 is 18.1. The van der Waals surface area contributed by atoms with Gasteiger partial charge in [-0.25, -0.2) is 0 Å². The van der Waals surface area contributed by atoms with Gasteiger partial charge < -0.3 is 10.1 Å². The number of hydrogen-bond donors (Lipinski definition) is 1. The number of pyridine rings is 1. The molecule has 134 valence electrons. The van der Waals surface area contributed by atoms with Gasteiger partial charge >= 0.3 is 0 Å². The first-order chi connectivity index (χ1) is 12.0. The SMILES string of the molecule is CCC(CCOc1c(Cl)cc(Cl)cc1Cl)CNC(=O)c1cccnc1. The van der Waals surface area contributed by atoms with Gasteiger partial charge in [-0.1, -0.05) is 48.1 Å². The van der Waals surface area contributed by atoms with Gasteiger partial charge in [0.15, 0.2) is 5.75 Å². The number of nitrogens with zero attached hydrogens (tertiary/aromatic N) is 1. The smallest absolute Gasteiger partial charge is 0.252 e. The lowest BCUT2D eigenvalue weighted by Crippen LogP contribution is -2.29. The van der Waals surface area contributed by atoms with Crippen molar-refractivity contribution in [1.29, 1.82) is 0 Å². The predicted octanol–water partition coefficient (Wildman–Crippen LogP) is 5.27. The van der Waals surface area contributed by atoms with Crippen molar-refractivity contribution in [2.75, 3.05) is 13.2 Å². The molecular weight excluding hydrogens is 383 g/mol. The normalized spacial score (nSPS) is 11.8. The molecule has 0 aliphatic heterocycles. The first-order valence-electron chi connectivity index (χ1n) is 7.96. The molecule has 7 heteroatoms. The molecule has 0 aliphatic rings. The molecule has 1 unspecified atom stereocenters. The number of amides is 1. The maximum absolute atomic E-state index is 12.1. The zero-order valence-corrected chi connectivity index (χ0v) is 16.0. The summed E-state index contributed by atoms with van der Waals surface area (Å²) < 4.78 is 5.70. The molecule has 1 N–H and O–H groups in total. The highest BCUT2D eigenvalue weighted by Crippen LogP contribution is 2.35. The van der Waals surface area contributed by atoms with Crippen LogP contribution in [0.25, 0.3) is 0 Å². The van der Waals surface area contributed by atoms with E-state index in [0.717, 1.165) is 12.8 Å². The van der Waals surface area contributed by atoms with Gasteiger partial charge in [0.2, 0.25) is 0 Å². The molecule has 0 saturated carbocycles. The van der Waals surface area contributed by atoms with Gasteiger partial charge in [0, 0.05) is 24.0 Å². The maximum Gasteiger partial charge on any atom is 0.252 e. The Kier molecular flexibility index (Phi) is 7.82. The average Bonchev–Trinajstić information content (AvgIpc) is 2.60. The summed E-state index contributed by atoms with van der Waals surface area (Å²) in [6.07, 6.45) is 4.86. The molecule has 1 aromatic carbocycles. The van der Waals surface area contributed by atoms with E-state index in [4.69, 9.17) is 39.5 Å². The lowest BCUT2D eigenvalue weighted by atomic mass is 10.0. The largest absolute Gasteiger partial charge is 0.490 e. The third kappa shape index (κ3) is 6.07. The highest BCUT2D eigenvalue weighted by atomic mass is 35.5. The van der Waals surface area contributed by atoms with Crippen LogP contribution in [-0.2, 0) is 0 Å². The van der Waals surface area contributed by atoms with Crippen molar-refractivity contribution >= 4 is 40.7 Å². The number of benzene rings is 1. The van der Waals surface area contributed by atoms with Gasteiger partial charge in [-0.3, -0.25) is 9.78 Å². The van der Waals surface area contributed by atoms with Crippen LogP contribution < -0.4 is 10.1 Å². The molecule has 1 aromatic heterocycles. The number of carbonyl (C=O) groups excluding carboxylic acids is 1. The molecule has 0 bridgehead atoms. The number of hydrogen-bond acceptors (Lipinski definition) is 3. The summed E-state index contributed by atoms with van der Waals surface area (Å²) in [4.78, 5) is 16.0. The van der Waals surface area contributed by atoms with Crippen molar-refractivity contribution in [2.45, 2.75) is 19.8 Å². The van der Waals surface area contributed by atoms with Gasteiger partial charge in [-0.15, -0.1) is 0 Å². The van der Waals surface area contributed by atoms with E-state index in [-0.39, 0.29) is 11.8 Å². The van der Waals surface area contributed by atoms with Crippen molar-refractivity contribution < 1.29 is 9.53 Å². The van der Waals surface area contributed by atoms with Crippen LogP contribution in [-0.4, -0.2) is 24.0 Å². The van der Waals surface area contributed by atoms with E-state index in [1.807, 2.05) is 0 Å². The first-order valence-corrected chi connectivity index (χ1v) is 9.10. The molecule has 2 rings (SSSR count). The van der Waals surface area contributed by atoms with Gasteiger partial charge in [0.05, 0.1) is 22.2 Å². The predicted molar refractivity (Wildman–Crippen MR) is 102 cm³/mol. The Morgan fingerprint density at radius 2 is 2.00 bits per heavy atom. The van der Waals surface area contributed by atoms with Gasteiger partial charge in [0.1, 0.15) is 0 Å². The Balaban J connectivity index is 1.82. The minimum atomic E-state index is -0.128. The molecule has 25 heavy (non-hydrogen) atoms. The lowest BCUT2D eigenvalue weighted by molar-refractivity contribution is 0.0944. The van der Waals surface area contributed by atoms with Gasteiger partial charge in [-0.2, -0.15) is 0 Å². The molecule has 1 heterocycles. The average molecular weight is 402 g/mol. The van der Waals surface area contributed by atoms with Gasteiger partial charge in [-0.05, 0) is 36.6 Å². The summed E-state index contributed by atoms with van der Waals surface area (Å²) in [5.41, 5.74) is 0.549. The number of aromatic nitrogens is 1. The quantitative estimate of drug-likeness (QED) is 0.656. The summed E-state index contributed by atoms with van der Waals surface area (Å²) in [5, 5.41) is 4.16. The Hall–Kier alpha value is -1.49. The van der Waals surface area contributed by atoms with Crippen molar-refractivity contribution in [3.05, 3.63) is 57.3 Å². The van der Waals surface area contributed by atoms with E-state index in [9.17, 15) is 4.79 Å². The second-order valence-corrected chi connectivity index (χ2v) is 6.81. The molecule has 0 spiro atoms. The number of carbonyl (C=O) groups is 1. The van der Waals surface area contributed by atoms with Crippen molar-refractivity contribution in [3.8, 4) is 5.75 Å². The Bertz CT molecular complexity index is 688. The standard InChI is InChI=1S/C18H19Cl3N2O2/c1-2-12(10-23-18(24)13-4-3-6-22-11-13)5-7-25-17-15(20)8-14(19)9-16(17)21/h3-4,6,8-9,11-12H,2,5,7,10H2,1H3,(H,23,24).